The average Bonchev–Trinajstić information content (AvgIpc) is 2.11. The van der Waals surface area contributed by atoms with Gasteiger partial charge >= 0.3 is 5.97 Å². The van der Waals surface area contributed by atoms with Gasteiger partial charge in [0.25, 0.3) is 0 Å². The fourth-order valence-electron chi connectivity index (χ4n) is 1.04. The van der Waals surface area contributed by atoms with E-state index < -0.39 is 5.97 Å². The smallest absolute Gasteiger partial charge is 0.307 e. The lowest BCUT2D eigenvalue weighted by molar-refractivity contribution is -0.136. The zero-order chi connectivity index (χ0) is 10.7. The van der Waals surface area contributed by atoms with E-state index in [2.05, 4.69) is 31.9 Å². The quantitative estimate of drug-likeness (QED) is 0.912. The van der Waals surface area contributed by atoms with Gasteiger partial charge < -0.3 is 5.11 Å². The molecule has 5 heteroatoms. The van der Waals surface area contributed by atoms with Crippen molar-refractivity contribution in [3.63, 3.8) is 0 Å². The summed E-state index contributed by atoms with van der Waals surface area (Å²) in [5.41, 5.74) is 0.858. The van der Waals surface area contributed by atoms with Crippen LogP contribution in [0.25, 0.3) is 0 Å². The van der Waals surface area contributed by atoms with Crippen molar-refractivity contribution in [2.24, 2.45) is 0 Å². The van der Waals surface area contributed by atoms with Gasteiger partial charge in [-0.25, -0.2) is 0 Å². The van der Waals surface area contributed by atoms with Gasteiger partial charge in [0.1, 0.15) is 6.07 Å². The van der Waals surface area contributed by atoms with Crippen LogP contribution in [-0.4, -0.2) is 11.1 Å². The Kier molecular flexibility index (Phi) is 3.67. The maximum atomic E-state index is 10.6. The van der Waals surface area contributed by atoms with E-state index in [0.29, 0.717) is 20.1 Å². The van der Waals surface area contributed by atoms with Crippen molar-refractivity contribution < 1.29 is 9.90 Å². The minimum absolute atomic E-state index is 0.164. The Labute approximate surface area is 97.6 Å². The molecule has 1 aromatic carbocycles. The molecule has 0 aliphatic heterocycles. The molecule has 0 spiro atoms. The molecular formula is C9H5Br2NO2. The van der Waals surface area contributed by atoms with Gasteiger partial charge in [-0.2, -0.15) is 5.26 Å². The van der Waals surface area contributed by atoms with E-state index in [4.69, 9.17) is 10.4 Å². The van der Waals surface area contributed by atoms with Crippen molar-refractivity contribution in [3.8, 4) is 6.07 Å². The number of nitrogens with zero attached hydrogens (tertiary/aromatic N) is 1. The highest BCUT2D eigenvalue weighted by atomic mass is 79.9. The number of aliphatic carboxylic acids is 1. The molecule has 0 saturated heterocycles. The Balaban J connectivity index is 3.31. The highest BCUT2D eigenvalue weighted by Gasteiger charge is 2.13. The van der Waals surface area contributed by atoms with E-state index in [1.807, 2.05) is 6.07 Å². The van der Waals surface area contributed by atoms with Gasteiger partial charge in [0.2, 0.25) is 0 Å². The van der Waals surface area contributed by atoms with E-state index in [9.17, 15) is 4.79 Å². The summed E-state index contributed by atoms with van der Waals surface area (Å²) in [5, 5.41) is 17.5. The maximum absolute atomic E-state index is 10.6. The van der Waals surface area contributed by atoms with Crippen molar-refractivity contribution in [1.29, 1.82) is 5.26 Å². The largest absolute Gasteiger partial charge is 0.481 e. The van der Waals surface area contributed by atoms with Gasteiger partial charge in [0, 0.05) is 8.95 Å². The van der Waals surface area contributed by atoms with Crippen LogP contribution in [0.2, 0.25) is 0 Å². The predicted molar refractivity (Wildman–Crippen MR) is 57.9 cm³/mol. The molecule has 0 unspecified atom stereocenters. The number of hydrogen-bond donors (Lipinski definition) is 1. The minimum atomic E-state index is -0.958. The topological polar surface area (TPSA) is 61.1 Å². The fourth-order valence-corrected chi connectivity index (χ4v) is 1.97. The number of carboxylic acids is 1. The van der Waals surface area contributed by atoms with Gasteiger partial charge in [-0.05, 0) is 33.6 Å². The molecule has 0 saturated carbocycles. The van der Waals surface area contributed by atoms with E-state index in [-0.39, 0.29) is 6.42 Å². The second kappa shape index (κ2) is 4.58. The molecule has 0 fully saturated rings. The molecule has 72 valence electrons. The molecule has 3 nitrogen and oxygen atoms in total. The molecule has 14 heavy (non-hydrogen) atoms. The van der Waals surface area contributed by atoms with Crippen LogP contribution in [0.5, 0.6) is 0 Å². The SMILES string of the molecule is N#Cc1c(Br)ccc(Br)c1CC(=O)O. The van der Waals surface area contributed by atoms with E-state index >= 15 is 0 Å². The Morgan fingerprint density at radius 2 is 2.00 bits per heavy atom. The summed E-state index contributed by atoms with van der Waals surface area (Å²) in [4.78, 5) is 10.6. The van der Waals surface area contributed by atoms with Gasteiger partial charge in [0.15, 0.2) is 0 Å². The monoisotopic (exact) mass is 317 g/mol. The molecule has 0 atom stereocenters. The number of carboxylic acid groups (broad SMARTS) is 1. The van der Waals surface area contributed by atoms with Crippen molar-refractivity contribution in [3.05, 3.63) is 32.2 Å². The minimum Gasteiger partial charge on any atom is -0.481 e. The molecule has 0 aliphatic rings. The second-order valence-corrected chi connectivity index (χ2v) is 4.27. The normalized spacial score (nSPS) is 9.50. The third kappa shape index (κ3) is 2.34. The number of rotatable bonds is 2. The third-order valence-corrected chi connectivity index (χ3v) is 3.05. The van der Waals surface area contributed by atoms with Crippen LogP contribution in [-0.2, 0) is 11.2 Å². The number of nitriles is 1. The first-order valence-corrected chi connectivity index (χ1v) is 5.23. The van der Waals surface area contributed by atoms with Crippen LogP contribution in [0.4, 0.5) is 0 Å². The zero-order valence-electron chi connectivity index (χ0n) is 6.92. The molecule has 0 heterocycles. The number of carbonyl (C=O) groups is 1. The summed E-state index contributed by atoms with van der Waals surface area (Å²) in [6.45, 7) is 0. The van der Waals surface area contributed by atoms with Crippen LogP contribution in [0.1, 0.15) is 11.1 Å². The molecule has 0 amide bonds. The molecule has 1 aromatic rings. The summed E-state index contributed by atoms with van der Waals surface area (Å²) in [6, 6.07) is 5.38. The zero-order valence-corrected chi connectivity index (χ0v) is 10.1. The van der Waals surface area contributed by atoms with Gasteiger partial charge in [0.05, 0.1) is 12.0 Å². The van der Waals surface area contributed by atoms with E-state index in [1.165, 1.54) is 0 Å². The van der Waals surface area contributed by atoms with Gasteiger partial charge in [-0.1, -0.05) is 15.9 Å². The molecule has 0 radical (unpaired) electrons. The van der Waals surface area contributed by atoms with Crippen LogP contribution < -0.4 is 0 Å². The Bertz CT molecular complexity index is 424. The first-order valence-electron chi connectivity index (χ1n) is 3.65. The summed E-state index contributed by atoms with van der Waals surface area (Å²) in [7, 11) is 0. The molecule has 0 aliphatic carbocycles. The molecule has 1 N–H and O–H groups in total. The standard InChI is InChI=1S/C9H5Br2NO2/c10-7-1-2-8(11)6(4-12)5(7)3-9(13)14/h1-2H,3H2,(H,13,14). The van der Waals surface area contributed by atoms with Crippen LogP contribution >= 0.6 is 31.9 Å². The van der Waals surface area contributed by atoms with Crippen molar-refractivity contribution in [1.82, 2.24) is 0 Å². The van der Waals surface area contributed by atoms with Gasteiger partial charge in [-0.15, -0.1) is 0 Å². The molecular weight excluding hydrogens is 314 g/mol. The predicted octanol–water partition coefficient (Wildman–Crippen LogP) is 2.71. The number of hydrogen-bond acceptors (Lipinski definition) is 2. The summed E-state index contributed by atoms with van der Waals surface area (Å²) in [5.74, 6) is -0.958. The van der Waals surface area contributed by atoms with Crippen molar-refractivity contribution in [2.45, 2.75) is 6.42 Å². The molecule has 0 aromatic heterocycles. The van der Waals surface area contributed by atoms with Crippen molar-refractivity contribution in [2.75, 3.05) is 0 Å². The Morgan fingerprint density at radius 1 is 1.43 bits per heavy atom. The molecule has 0 bridgehead atoms. The Morgan fingerprint density at radius 3 is 2.50 bits per heavy atom. The molecule has 1 rings (SSSR count). The summed E-state index contributed by atoms with van der Waals surface area (Å²) < 4.78 is 1.25. The highest BCUT2D eigenvalue weighted by molar-refractivity contribution is 9.11. The number of halogens is 2. The van der Waals surface area contributed by atoms with Gasteiger partial charge in [-0.3, -0.25) is 4.79 Å². The highest BCUT2D eigenvalue weighted by Crippen LogP contribution is 2.27. The maximum Gasteiger partial charge on any atom is 0.307 e. The third-order valence-electron chi connectivity index (χ3n) is 1.64. The van der Waals surface area contributed by atoms with Crippen LogP contribution in [0.15, 0.2) is 21.1 Å². The Hall–Kier alpha value is -0.860. The van der Waals surface area contributed by atoms with Crippen LogP contribution in [0, 0.1) is 11.3 Å². The van der Waals surface area contributed by atoms with E-state index in [0.717, 1.165) is 0 Å². The summed E-state index contributed by atoms with van der Waals surface area (Å²) in [6.07, 6.45) is -0.164. The first kappa shape index (κ1) is 11.2. The number of benzene rings is 1. The van der Waals surface area contributed by atoms with Crippen molar-refractivity contribution >= 4 is 37.8 Å². The summed E-state index contributed by atoms with van der Waals surface area (Å²) >= 11 is 6.41. The second-order valence-electron chi connectivity index (χ2n) is 2.57. The lowest BCUT2D eigenvalue weighted by Crippen LogP contribution is -2.03. The average molecular weight is 319 g/mol. The lowest BCUT2D eigenvalue weighted by atomic mass is 10.1. The van der Waals surface area contributed by atoms with E-state index in [1.54, 1.807) is 12.1 Å². The first-order chi connectivity index (χ1) is 6.56. The van der Waals surface area contributed by atoms with Crippen LogP contribution in [0.3, 0.4) is 0 Å². The fraction of sp³-hybridized carbons (Fsp3) is 0.111. The lowest BCUT2D eigenvalue weighted by Gasteiger charge is -2.05.